The molecule has 0 spiro atoms. The fourth-order valence-electron chi connectivity index (χ4n) is 1.39. The van der Waals surface area contributed by atoms with Crippen LogP contribution in [0.25, 0.3) is 0 Å². The highest BCUT2D eigenvalue weighted by atomic mass is 79.9. The highest BCUT2D eigenvalue weighted by Crippen LogP contribution is 2.19. The molecule has 0 bridgehead atoms. The fraction of sp³-hybridized carbons (Fsp3) is 0.462. The lowest BCUT2D eigenvalue weighted by atomic mass is 10.2. The number of hydrogen-bond donors (Lipinski definition) is 1. The van der Waals surface area contributed by atoms with Crippen LogP contribution in [0.2, 0.25) is 5.02 Å². The average Bonchev–Trinajstić information content (AvgIpc) is 2.27. The maximum atomic E-state index is 11.9. The van der Waals surface area contributed by atoms with E-state index in [1.165, 1.54) is 0 Å². The van der Waals surface area contributed by atoms with Crippen LogP contribution in [0.3, 0.4) is 0 Å². The minimum atomic E-state index is -0.102. The third kappa shape index (κ3) is 4.96. The molecule has 5 heteroatoms. The Labute approximate surface area is 122 Å². The first kappa shape index (κ1) is 15.5. The molecule has 1 aromatic carbocycles. The molecule has 0 radical (unpaired) electrons. The highest BCUT2D eigenvalue weighted by Gasteiger charge is 2.08. The molecular weight excluding hydrogens is 316 g/mol. The quantitative estimate of drug-likeness (QED) is 0.897. The largest absolute Gasteiger partial charge is 0.351 e. The summed E-state index contributed by atoms with van der Waals surface area (Å²) in [6.07, 6.45) is 0. The smallest absolute Gasteiger partial charge is 0.251 e. The predicted octanol–water partition coefficient (Wildman–Crippen LogP) is 3.17. The summed E-state index contributed by atoms with van der Waals surface area (Å²) in [5.41, 5.74) is 0.571. The van der Waals surface area contributed by atoms with E-state index in [9.17, 15) is 4.79 Å². The zero-order valence-electron chi connectivity index (χ0n) is 10.8. The normalized spacial score (nSPS) is 11.1. The van der Waals surface area contributed by atoms with E-state index < -0.39 is 0 Å². The number of rotatable bonds is 5. The van der Waals surface area contributed by atoms with Crippen LogP contribution in [0.15, 0.2) is 22.7 Å². The van der Waals surface area contributed by atoms with Crippen molar-refractivity contribution in [3.8, 4) is 0 Å². The maximum absolute atomic E-state index is 11.9. The van der Waals surface area contributed by atoms with E-state index in [1.807, 2.05) is 7.05 Å². The standard InChI is InChI=1S/C13H18BrClN2O/c1-9(2)17(3)5-4-16-13(18)10-6-11(14)8-12(15)7-10/h6-9H,4-5H2,1-3H3,(H,16,18). The first-order chi connectivity index (χ1) is 8.40. The van der Waals surface area contributed by atoms with Crippen molar-refractivity contribution in [2.45, 2.75) is 19.9 Å². The molecule has 0 heterocycles. The topological polar surface area (TPSA) is 32.3 Å². The summed E-state index contributed by atoms with van der Waals surface area (Å²) in [4.78, 5) is 14.1. The first-order valence-electron chi connectivity index (χ1n) is 5.84. The number of hydrogen-bond acceptors (Lipinski definition) is 2. The highest BCUT2D eigenvalue weighted by molar-refractivity contribution is 9.10. The molecule has 1 N–H and O–H groups in total. The summed E-state index contributed by atoms with van der Waals surface area (Å²) in [6, 6.07) is 5.65. The number of carbonyl (C=O) groups excluding carboxylic acids is 1. The Balaban J connectivity index is 2.50. The van der Waals surface area contributed by atoms with E-state index in [2.05, 4.69) is 40.0 Å². The van der Waals surface area contributed by atoms with E-state index in [-0.39, 0.29) is 5.91 Å². The van der Waals surface area contributed by atoms with Gasteiger partial charge in [-0.1, -0.05) is 27.5 Å². The summed E-state index contributed by atoms with van der Waals surface area (Å²) < 4.78 is 0.805. The van der Waals surface area contributed by atoms with Crippen molar-refractivity contribution >= 4 is 33.4 Å². The number of nitrogens with zero attached hydrogens (tertiary/aromatic N) is 1. The molecule has 1 rings (SSSR count). The molecule has 3 nitrogen and oxygen atoms in total. The first-order valence-corrected chi connectivity index (χ1v) is 7.01. The third-order valence-corrected chi connectivity index (χ3v) is 3.43. The van der Waals surface area contributed by atoms with Gasteiger partial charge >= 0.3 is 0 Å². The van der Waals surface area contributed by atoms with Gasteiger partial charge in [0.05, 0.1) is 0 Å². The number of likely N-dealkylation sites (N-methyl/N-ethyl adjacent to an activating group) is 1. The van der Waals surface area contributed by atoms with Crippen LogP contribution in [0.4, 0.5) is 0 Å². The Morgan fingerprint density at radius 2 is 2.11 bits per heavy atom. The van der Waals surface area contributed by atoms with Crippen molar-refractivity contribution in [3.05, 3.63) is 33.3 Å². The van der Waals surface area contributed by atoms with E-state index in [0.29, 0.717) is 23.2 Å². The second-order valence-corrected chi connectivity index (χ2v) is 5.84. The van der Waals surface area contributed by atoms with Gasteiger partial charge in [-0.15, -0.1) is 0 Å². The summed E-state index contributed by atoms with van der Waals surface area (Å²) in [6.45, 7) is 5.69. The number of halogens is 2. The van der Waals surface area contributed by atoms with Gasteiger partial charge in [-0.25, -0.2) is 0 Å². The molecule has 1 aromatic rings. The molecule has 0 saturated heterocycles. The van der Waals surface area contributed by atoms with Gasteiger partial charge in [0, 0.05) is 34.2 Å². The lowest BCUT2D eigenvalue weighted by molar-refractivity contribution is 0.0948. The van der Waals surface area contributed by atoms with Crippen molar-refractivity contribution in [3.63, 3.8) is 0 Å². The average molecular weight is 334 g/mol. The minimum absolute atomic E-state index is 0.102. The molecule has 100 valence electrons. The fourth-order valence-corrected chi connectivity index (χ4v) is 2.25. The van der Waals surface area contributed by atoms with E-state index in [0.717, 1.165) is 11.0 Å². The summed E-state index contributed by atoms with van der Waals surface area (Å²) in [5.74, 6) is -0.102. The number of amides is 1. The molecule has 0 saturated carbocycles. The van der Waals surface area contributed by atoms with Crippen LogP contribution in [0.1, 0.15) is 24.2 Å². The zero-order chi connectivity index (χ0) is 13.7. The summed E-state index contributed by atoms with van der Waals surface area (Å²) in [5, 5.41) is 3.43. The Morgan fingerprint density at radius 3 is 2.67 bits per heavy atom. The van der Waals surface area contributed by atoms with Gasteiger partial charge in [0.15, 0.2) is 0 Å². The third-order valence-electron chi connectivity index (χ3n) is 2.76. The molecule has 0 aliphatic carbocycles. The van der Waals surface area contributed by atoms with Crippen molar-refractivity contribution in [1.29, 1.82) is 0 Å². The van der Waals surface area contributed by atoms with Gasteiger partial charge in [-0.3, -0.25) is 4.79 Å². The van der Waals surface area contributed by atoms with Gasteiger partial charge in [0.1, 0.15) is 0 Å². The lowest BCUT2D eigenvalue weighted by Crippen LogP contribution is -2.36. The number of carbonyl (C=O) groups is 1. The van der Waals surface area contributed by atoms with Crippen molar-refractivity contribution in [2.75, 3.05) is 20.1 Å². The van der Waals surface area contributed by atoms with Gasteiger partial charge < -0.3 is 10.2 Å². The Bertz CT molecular complexity index is 403. The molecule has 0 aromatic heterocycles. The molecular formula is C13H18BrClN2O. The van der Waals surface area contributed by atoms with Crippen LogP contribution in [-0.4, -0.2) is 37.0 Å². The van der Waals surface area contributed by atoms with Crippen molar-refractivity contribution in [2.24, 2.45) is 0 Å². The van der Waals surface area contributed by atoms with Gasteiger partial charge in [0.25, 0.3) is 5.91 Å². The second kappa shape index (κ2) is 7.12. The zero-order valence-corrected chi connectivity index (χ0v) is 13.2. The maximum Gasteiger partial charge on any atom is 0.251 e. The second-order valence-electron chi connectivity index (χ2n) is 4.49. The Hall–Kier alpha value is -0.580. The monoisotopic (exact) mass is 332 g/mol. The van der Waals surface area contributed by atoms with E-state index >= 15 is 0 Å². The summed E-state index contributed by atoms with van der Waals surface area (Å²) in [7, 11) is 2.03. The van der Waals surface area contributed by atoms with Gasteiger partial charge in [-0.2, -0.15) is 0 Å². The summed E-state index contributed by atoms with van der Waals surface area (Å²) >= 11 is 9.22. The SMILES string of the molecule is CC(C)N(C)CCNC(=O)c1cc(Cl)cc(Br)c1. The Morgan fingerprint density at radius 1 is 1.44 bits per heavy atom. The predicted molar refractivity (Wildman–Crippen MR) is 79.3 cm³/mol. The van der Waals surface area contributed by atoms with Gasteiger partial charge in [-0.05, 0) is 39.1 Å². The van der Waals surface area contributed by atoms with Crippen molar-refractivity contribution in [1.82, 2.24) is 10.2 Å². The van der Waals surface area contributed by atoms with Crippen LogP contribution < -0.4 is 5.32 Å². The van der Waals surface area contributed by atoms with Crippen LogP contribution in [0.5, 0.6) is 0 Å². The molecule has 18 heavy (non-hydrogen) atoms. The van der Waals surface area contributed by atoms with E-state index in [1.54, 1.807) is 18.2 Å². The van der Waals surface area contributed by atoms with Crippen molar-refractivity contribution < 1.29 is 4.79 Å². The van der Waals surface area contributed by atoms with Crippen LogP contribution >= 0.6 is 27.5 Å². The lowest BCUT2D eigenvalue weighted by Gasteiger charge is -2.20. The minimum Gasteiger partial charge on any atom is -0.351 e. The molecule has 0 unspecified atom stereocenters. The van der Waals surface area contributed by atoms with Crippen LogP contribution in [-0.2, 0) is 0 Å². The number of nitrogens with one attached hydrogen (secondary N) is 1. The number of benzene rings is 1. The Kier molecular flexibility index (Phi) is 6.12. The molecule has 0 fully saturated rings. The van der Waals surface area contributed by atoms with Gasteiger partial charge in [0.2, 0.25) is 0 Å². The molecule has 0 atom stereocenters. The molecule has 0 aliphatic rings. The van der Waals surface area contributed by atoms with Crippen LogP contribution in [0, 0.1) is 0 Å². The molecule has 0 aliphatic heterocycles. The van der Waals surface area contributed by atoms with E-state index in [4.69, 9.17) is 11.6 Å². The molecule has 1 amide bonds.